The first-order valence-electron chi connectivity index (χ1n) is 12.2. The highest BCUT2D eigenvalue weighted by atomic mass is 32.1. The van der Waals surface area contributed by atoms with E-state index in [1.807, 2.05) is 19.9 Å². The molecule has 0 saturated heterocycles. The van der Waals surface area contributed by atoms with Crippen molar-refractivity contribution in [3.63, 3.8) is 0 Å². The van der Waals surface area contributed by atoms with Crippen molar-refractivity contribution in [1.82, 2.24) is 15.2 Å². The average Bonchev–Trinajstić information content (AvgIpc) is 3.59. The van der Waals surface area contributed by atoms with E-state index in [9.17, 15) is 13.2 Å². The van der Waals surface area contributed by atoms with E-state index in [-0.39, 0.29) is 11.4 Å². The van der Waals surface area contributed by atoms with Gasteiger partial charge in [0.2, 0.25) is 5.13 Å². The molecule has 0 aliphatic heterocycles. The SMILES string of the molecule is CCOCCOCCOCCCNc1nnc(-c2cc(C)c3cc(C4CC4)cc(C(F)(F)F)c3n2)s1. The second-order valence-electron chi connectivity index (χ2n) is 8.68. The van der Waals surface area contributed by atoms with Crippen molar-refractivity contribution in [2.75, 3.05) is 51.5 Å². The summed E-state index contributed by atoms with van der Waals surface area (Å²) in [5, 5.41) is 13.1. The fourth-order valence-corrected chi connectivity index (χ4v) is 4.57. The number of ether oxygens (including phenoxy) is 3. The molecule has 2 heterocycles. The minimum absolute atomic E-state index is 0.0365. The lowest BCUT2D eigenvalue weighted by molar-refractivity contribution is -0.136. The van der Waals surface area contributed by atoms with Crippen LogP contribution in [0, 0.1) is 6.92 Å². The number of alkyl halides is 3. The molecule has 1 saturated carbocycles. The number of pyridine rings is 1. The fourth-order valence-electron chi connectivity index (χ4n) is 3.84. The van der Waals surface area contributed by atoms with Crippen LogP contribution in [0.4, 0.5) is 18.3 Å². The van der Waals surface area contributed by atoms with E-state index in [0.29, 0.717) is 67.4 Å². The predicted molar refractivity (Wildman–Crippen MR) is 134 cm³/mol. The van der Waals surface area contributed by atoms with Crippen LogP contribution >= 0.6 is 11.3 Å². The Morgan fingerprint density at radius 1 is 1.00 bits per heavy atom. The van der Waals surface area contributed by atoms with Crippen molar-refractivity contribution in [2.45, 2.75) is 45.2 Å². The van der Waals surface area contributed by atoms with E-state index >= 15 is 0 Å². The molecule has 0 radical (unpaired) electrons. The second kappa shape index (κ2) is 12.3. The van der Waals surface area contributed by atoms with Crippen LogP contribution in [-0.2, 0) is 20.4 Å². The van der Waals surface area contributed by atoms with Crippen molar-refractivity contribution in [1.29, 1.82) is 0 Å². The molecule has 11 heteroatoms. The van der Waals surface area contributed by atoms with Gasteiger partial charge in [-0.05, 0) is 68.4 Å². The van der Waals surface area contributed by atoms with Crippen LogP contribution in [0.2, 0.25) is 0 Å². The van der Waals surface area contributed by atoms with Crippen LogP contribution in [-0.4, -0.2) is 61.4 Å². The Labute approximate surface area is 212 Å². The molecular weight excluding hydrogens is 493 g/mol. The molecule has 4 rings (SSSR count). The number of anilines is 1. The molecule has 1 aliphatic carbocycles. The Balaban J connectivity index is 1.33. The maximum Gasteiger partial charge on any atom is 0.418 e. The zero-order valence-corrected chi connectivity index (χ0v) is 21.3. The van der Waals surface area contributed by atoms with Gasteiger partial charge in [0.25, 0.3) is 0 Å². The molecule has 3 aromatic rings. The lowest BCUT2D eigenvalue weighted by Crippen LogP contribution is -2.11. The summed E-state index contributed by atoms with van der Waals surface area (Å²) in [6.07, 6.45) is -1.85. The fraction of sp³-hybridized carbons (Fsp3) is 0.560. The molecule has 1 aromatic carbocycles. The van der Waals surface area contributed by atoms with E-state index in [1.165, 1.54) is 17.4 Å². The Morgan fingerprint density at radius 3 is 2.42 bits per heavy atom. The van der Waals surface area contributed by atoms with E-state index in [1.54, 1.807) is 6.07 Å². The maximum absolute atomic E-state index is 13.9. The molecule has 2 aromatic heterocycles. The van der Waals surface area contributed by atoms with E-state index in [0.717, 1.165) is 30.4 Å². The Kier molecular flexibility index (Phi) is 9.10. The van der Waals surface area contributed by atoms with Crippen LogP contribution in [0.5, 0.6) is 0 Å². The van der Waals surface area contributed by atoms with Crippen molar-refractivity contribution in [3.8, 4) is 10.7 Å². The van der Waals surface area contributed by atoms with Crippen LogP contribution in [0.25, 0.3) is 21.6 Å². The van der Waals surface area contributed by atoms with Gasteiger partial charge in [-0.25, -0.2) is 4.98 Å². The second-order valence-corrected chi connectivity index (χ2v) is 9.65. The number of nitrogens with zero attached hydrogens (tertiary/aromatic N) is 3. The summed E-state index contributed by atoms with van der Waals surface area (Å²) >= 11 is 1.27. The molecule has 1 aliphatic rings. The zero-order valence-electron chi connectivity index (χ0n) is 20.5. The van der Waals surface area contributed by atoms with Gasteiger partial charge in [-0.3, -0.25) is 0 Å². The molecule has 0 unspecified atom stereocenters. The van der Waals surface area contributed by atoms with Crippen molar-refractivity contribution in [3.05, 3.63) is 34.9 Å². The average molecular weight is 525 g/mol. The lowest BCUT2D eigenvalue weighted by atomic mass is 9.98. The molecule has 1 N–H and O–H groups in total. The van der Waals surface area contributed by atoms with Gasteiger partial charge in [-0.2, -0.15) is 13.2 Å². The summed E-state index contributed by atoms with van der Waals surface area (Å²) in [4.78, 5) is 4.39. The molecular formula is C25H31F3N4O3S. The molecule has 0 bridgehead atoms. The highest BCUT2D eigenvalue weighted by Crippen LogP contribution is 2.45. The van der Waals surface area contributed by atoms with Gasteiger partial charge in [0.15, 0.2) is 5.01 Å². The first-order valence-corrected chi connectivity index (χ1v) is 13.0. The maximum atomic E-state index is 13.9. The van der Waals surface area contributed by atoms with Gasteiger partial charge < -0.3 is 19.5 Å². The molecule has 7 nitrogen and oxygen atoms in total. The van der Waals surface area contributed by atoms with Crippen LogP contribution in [0.3, 0.4) is 0 Å². The molecule has 0 amide bonds. The number of rotatable bonds is 14. The topological polar surface area (TPSA) is 78.4 Å². The van der Waals surface area contributed by atoms with Gasteiger partial charge in [-0.15, -0.1) is 10.2 Å². The van der Waals surface area contributed by atoms with E-state index in [2.05, 4.69) is 20.5 Å². The Hall–Kier alpha value is -2.34. The minimum atomic E-state index is -4.48. The highest BCUT2D eigenvalue weighted by molar-refractivity contribution is 7.18. The molecule has 0 atom stereocenters. The van der Waals surface area contributed by atoms with Crippen LogP contribution < -0.4 is 5.32 Å². The summed E-state index contributed by atoms with van der Waals surface area (Å²) in [6, 6.07) is 4.91. The number of nitrogens with one attached hydrogen (secondary N) is 1. The number of hydrogen-bond acceptors (Lipinski definition) is 8. The summed E-state index contributed by atoms with van der Waals surface area (Å²) in [6.45, 7) is 7.83. The number of aromatic nitrogens is 3. The van der Waals surface area contributed by atoms with Crippen LogP contribution in [0.1, 0.15) is 48.8 Å². The largest absolute Gasteiger partial charge is 0.418 e. The zero-order chi connectivity index (χ0) is 25.5. The van der Waals surface area contributed by atoms with E-state index < -0.39 is 11.7 Å². The Morgan fingerprint density at radius 2 is 1.72 bits per heavy atom. The molecule has 0 spiro atoms. The van der Waals surface area contributed by atoms with Gasteiger partial charge >= 0.3 is 6.18 Å². The number of benzene rings is 1. The van der Waals surface area contributed by atoms with E-state index in [4.69, 9.17) is 14.2 Å². The first-order chi connectivity index (χ1) is 17.4. The summed E-state index contributed by atoms with van der Waals surface area (Å²) in [5.41, 5.74) is 1.16. The summed E-state index contributed by atoms with van der Waals surface area (Å²) < 4.78 is 57.8. The van der Waals surface area contributed by atoms with Crippen molar-refractivity contribution in [2.24, 2.45) is 0 Å². The summed E-state index contributed by atoms with van der Waals surface area (Å²) in [7, 11) is 0. The standard InChI is InChI=1S/C25H31F3N4O3S/c1-3-33-9-10-35-12-11-34-8-4-7-29-24-32-31-23(36-24)21-13-16(2)19-14-18(17-5-6-17)15-20(22(19)30-21)25(26,27)28/h13-15,17H,3-12H2,1-2H3,(H,29,32). The summed E-state index contributed by atoms with van der Waals surface area (Å²) in [5.74, 6) is 0.218. The van der Waals surface area contributed by atoms with Gasteiger partial charge in [-0.1, -0.05) is 11.3 Å². The number of hydrogen-bond donors (Lipinski definition) is 1. The lowest BCUT2D eigenvalue weighted by Gasteiger charge is -2.14. The van der Waals surface area contributed by atoms with Crippen molar-refractivity contribution < 1.29 is 27.4 Å². The van der Waals surface area contributed by atoms with Gasteiger partial charge in [0.05, 0.1) is 37.5 Å². The third kappa shape index (κ3) is 7.12. The number of fused-ring (bicyclic) bond motifs is 1. The monoisotopic (exact) mass is 524 g/mol. The molecule has 196 valence electrons. The number of aryl methyl sites for hydroxylation is 1. The normalized spacial score (nSPS) is 14.0. The van der Waals surface area contributed by atoms with Crippen LogP contribution in [0.15, 0.2) is 18.2 Å². The van der Waals surface area contributed by atoms with Crippen molar-refractivity contribution >= 4 is 27.4 Å². The first kappa shape index (κ1) is 26.7. The third-order valence-corrected chi connectivity index (χ3v) is 6.73. The third-order valence-electron chi connectivity index (χ3n) is 5.83. The predicted octanol–water partition coefficient (Wildman–Crippen LogP) is 5.83. The molecule has 1 fully saturated rings. The Bertz CT molecular complexity index is 1150. The van der Waals surface area contributed by atoms with Gasteiger partial charge in [0.1, 0.15) is 5.69 Å². The molecule has 36 heavy (non-hydrogen) atoms. The number of halogens is 3. The minimum Gasteiger partial charge on any atom is -0.379 e. The quantitative estimate of drug-likeness (QED) is 0.266. The smallest absolute Gasteiger partial charge is 0.379 e. The van der Waals surface area contributed by atoms with Gasteiger partial charge in [0, 0.05) is 25.1 Å². The highest BCUT2D eigenvalue weighted by Gasteiger charge is 2.36.